The van der Waals surface area contributed by atoms with Crippen molar-refractivity contribution in [2.45, 2.75) is 26.4 Å². The van der Waals surface area contributed by atoms with Crippen molar-refractivity contribution in [1.29, 1.82) is 0 Å². The molecule has 0 saturated carbocycles. The van der Waals surface area contributed by atoms with Crippen molar-refractivity contribution in [2.75, 3.05) is 0 Å². The van der Waals surface area contributed by atoms with Gasteiger partial charge in [-0.05, 0) is 18.2 Å². The van der Waals surface area contributed by atoms with Crippen LogP contribution in [-0.4, -0.2) is 20.7 Å². The summed E-state index contributed by atoms with van der Waals surface area (Å²) < 4.78 is 1.49. The van der Waals surface area contributed by atoms with Gasteiger partial charge in [-0.25, -0.2) is 4.68 Å². The molecule has 0 aliphatic rings. The van der Waals surface area contributed by atoms with E-state index in [2.05, 4.69) is 10.4 Å². The highest BCUT2D eigenvalue weighted by Gasteiger charge is 2.16. The molecule has 2 rings (SSSR count). The van der Waals surface area contributed by atoms with Crippen LogP contribution in [-0.2, 0) is 6.54 Å². The molecule has 1 aromatic carbocycles. The standard InChI is InChI=1S/C13H15ClN4O2/c1-9(2)15-8-11-5-6-17(16-11)12-4-3-10(14)7-13(12)18(19)20/h3-7,9,15H,8H2,1-2H3. The van der Waals surface area contributed by atoms with Crippen LogP contribution in [0.15, 0.2) is 30.5 Å². The molecule has 0 amide bonds. The maximum Gasteiger partial charge on any atom is 0.296 e. The van der Waals surface area contributed by atoms with Gasteiger partial charge in [0.2, 0.25) is 0 Å². The van der Waals surface area contributed by atoms with E-state index >= 15 is 0 Å². The molecule has 0 bridgehead atoms. The van der Waals surface area contributed by atoms with Crippen molar-refractivity contribution in [3.63, 3.8) is 0 Å². The first-order valence-corrected chi connectivity index (χ1v) is 6.57. The number of nitrogens with zero attached hydrogens (tertiary/aromatic N) is 3. The van der Waals surface area contributed by atoms with Crippen LogP contribution in [0.25, 0.3) is 5.69 Å². The quantitative estimate of drug-likeness (QED) is 0.680. The number of halogens is 1. The van der Waals surface area contributed by atoms with Crippen LogP contribution in [0.5, 0.6) is 0 Å². The summed E-state index contributed by atoms with van der Waals surface area (Å²) in [6, 6.07) is 6.70. The Balaban J connectivity index is 2.30. The van der Waals surface area contributed by atoms with Crippen molar-refractivity contribution in [2.24, 2.45) is 0 Å². The van der Waals surface area contributed by atoms with E-state index in [1.54, 1.807) is 18.3 Å². The average molecular weight is 295 g/mol. The zero-order chi connectivity index (χ0) is 14.7. The van der Waals surface area contributed by atoms with E-state index in [4.69, 9.17) is 11.6 Å². The van der Waals surface area contributed by atoms with Crippen molar-refractivity contribution >= 4 is 17.3 Å². The second kappa shape index (κ2) is 6.02. The minimum atomic E-state index is -0.463. The molecular formula is C13H15ClN4O2. The van der Waals surface area contributed by atoms with Gasteiger partial charge in [0.25, 0.3) is 5.69 Å². The van der Waals surface area contributed by atoms with Gasteiger partial charge in [-0.1, -0.05) is 25.4 Å². The van der Waals surface area contributed by atoms with E-state index in [0.29, 0.717) is 23.3 Å². The molecule has 1 aromatic heterocycles. The van der Waals surface area contributed by atoms with Gasteiger partial charge in [-0.2, -0.15) is 5.10 Å². The van der Waals surface area contributed by atoms with Crippen LogP contribution in [0.1, 0.15) is 19.5 Å². The molecule has 7 heteroatoms. The number of nitro benzene ring substituents is 1. The monoisotopic (exact) mass is 294 g/mol. The first-order chi connectivity index (χ1) is 9.47. The van der Waals surface area contributed by atoms with E-state index in [-0.39, 0.29) is 5.69 Å². The lowest BCUT2D eigenvalue weighted by molar-refractivity contribution is -0.384. The molecule has 20 heavy (non-hydrogen) atoms. The summed E-state index contributed by atoms with van der Waals surface area (Å²) in [5.41, 5.74) is 1.15. The van der Waals surface area contributed by atoms with Crippen LogP contribution in [0.4, 0.5) is 5.69 Å². The molecule has 0 spiro atoms. The van der Waals surface area contributed by atoms with Crippen LogP contribution in [0.3, 0.4) is 0 Å². The summed E-state index contributed by atoms with van der Waals surface area (Å²) >= 11 is 5.79. The number of aromatic nitrogens is 2. The second-order valence-electron chi connectivity index (χ2n) is 4.68. The van der Waals surface area contributed by atoms with Crippen LogP contribution in [0, 0.1) is 10.1 Å². The van der Waals surface area contributed by atoms with E-state index in [9.17, 15) is 10.1 Å². The molecular weight excluding hydrogens is 280 g/mol. The summed E-state index contributed by atoms with van der Waals surface area (Å²) in [7, 11) is 0. The molecule has 106 valence electrons. The Hall–Kier alpha value is -1.92. The number of rotatable bonds is 5. The highest BCUT2D eigenvalue weighted by Crippen LogP contribution is 2.26. The van der Waals surface area contributed by atoms with Gasteiger partial charge >= 0.3 is 0 Å². The fourth-order valence-electron chi connectivity index (χ4n) is 1.74. The van der Waals surface area contributed by atoms with E-state index in [1.807, 2.05) is 19.9 Å². The number of hydrogen-bond acceptors (Lipinski definition) is 4. The van der Waals surface area contributed by atoms with Crippen LogP contribution < -0.4 is 5.32 Å². The van der Waals surface area contributed by atoms with Gasteiger partial charge in [0.05, 0.1) is 10.6 Å². The minimum Gasteiger partial charge on any atom is -0.309 e. The maximum absolute atomic E-state index is 11.1. The van der Waals surface area contributed by atoms with Gasteiger partial charge in [0, 0.05) is 29.9 Å². The number of benzene rings is 1. The van der Waals surface area contributed by atoms with Crippen molar-refractivity contribution < 1.29 is 4.92 Å². The van der Waals surface area contributed by atoms with Gasteiger partial charge < -0.3 is 5.32 Å². The summed E-state index contributed by atoms with van der Waals surface area (Å²) in [5.74, 6) is 0. The molecule has 0 unspecified atom stereocenters. The van der Waals surface area contributed by atoms with Gasteiger partial charge in [0.1, 0.15) is 5.69 Å². The van der Waals surface area contributed by atoms with E-state index < -0.39 is 4.92 Å². The Morgan fingerprint density at radius 3 is 2.85 bits per heavy atom. The summed E-state index contributed by atoms with van der Waals surface area (Å²) in [4.78, 5) is 10.6. The predicted octanol–water partition coefficient (Wildman–Crippen LogP) is 2.93. The summed E-state index contributed by atoms with van der Waals surface area (Å²) in [6.07, 6.45) is 1.70. The van der Waals surface area contributed by atoms with Gasteiger partial charge in [0.15, 0.2) is 0 Å². The average Bonchev–Trinajstić information content (AvgIpc) is 2.84. The molecule has 1 heterocycles. The van der Waals surface area contributed by atoms with Gasteiger partial charge in [-0.3, -0.25) is 10.1 Å². The minimum absolute atomic E-state index is 0.0658. The van der Waals surface area contributed by atoms with Crippen LogP contribution >= 0.6 is 11.6 Å². The molecule has 6 nitrogen and oxygen atoms in total. The zero-order valence-electron chi connectivity index (χ0n) is 11.2. The summed E-state index contributed by atoms with van der Waals surface area (Å²) in [5, 5.41) is 19.0. The molecule has 0 atom stereocenters. The predicted molar refractivity (Wildman–Crippen MR) is 77.2 cm³/mol. The molecule has 2 aromatic rings. The normalized spacial score (nSPS) is 11.0. The Morgan fingerprint density at radius 2 is 2.20 bits per heavy atom. The van der Waals surface area contributed by atoms with Crippen molar-refractivity contribution in [3.05, 3.63) is 51.3 Å². The molecule has 0 radical (unpaired) electrons. The zero-order valence-corrected chi connectivity index (χ0v) is 12.0. The smallest absolute Gasteiger partial charge is 0.296 e. The van der Waals surface area contributed by atoms with E-state index in [1.165, 1.54) is 10.7 Å². The topological polar surface area (TPSA) is 73.0 Å². The lowest BCUT2D eigenvalue weighted by Gasteiger charge is -2.05. The fourth-order valence-corrected chi connectivity index (χ4v) is 1.90. The summed E-state index contributed by atoms with van der Waals surface area (Å²) in [6.45, 7) is 4.70. The third-order valence-electron chi connectivity index (χ3n) is 2.72. The Bertz CT molecular complexity index is 625. The van der Waals surface area contributed by atoms with Gasteiger partial charge in [-0.15, -0.1) is 0 Å². The first-order valence-electron chi connectivity index (χ1n) is 6.19. The molecule has 0 saturated heterocycles. The molecule has 0 aliphatic heterocycles. The molecule has 0 aliphatic carbocycles. The maximum atomic E-state index is 11.1. The number of hydrogen-bond donors (Lipinski definition) is 1. The Labute approximate surface area is 121 Å². The van der Waals surface area contributed by atoms with Crippen molar-refractivity contribution in [3.8, 4) is 5.69 Å². The van der Waals surface area contributed by atoms with Crippen LogP contribution in [0.2, 0.25) is 5.02 Å². The third-order valence-corrected chi connectivity index (χ3v) is 2.95. The highest BCUT2D eigenvalue weighted by atomic mass is 35.5. The lowest BCUT2D eigenvalue weighted by Crippen LogP contribution is -2.22. The SMILES string of the molecule is CC(C)NCc1ccn(-c2ccc(Cl)cc2[N+](=O)[O-])n1. The molecule has 1 N–H and O–H groups in total. The largest absolute Gasteiger partial charge is 0.309 e. The molecule has 0 fully saturated rings. The van der Waals surface area contributed by atoms with Crippen molar-refractivity contribution in [1.82, 2.24) is 15.1 Å². The Kier molecular flexibility index (Phi) is 4.36. The third kappa shape index (κ3) is 3.34. The second-order valence-corrected chi connectivity index (χ2v) is 5.11. The van der Waals surface area contributed by atoms with E-state index in [0.717, 1.165) is 5.69 Å². The fraction of sp³-hybridized carbons (Fsp3) is 0.308. The first kappa shape index (κ1) is 14.5. The number of nitro groups is 1. The highest BCUT2D eigenvalue weighted by molar-refractivity contribution is 6.30. The number of nitrogens with one attached hydrogen (secondary N) is 1. The lowest BCUT2D eigenvalue weighted by atomic mass is 10.3. The Morgan fingerprint density at radius 1 is 1.45 bits per heavy atom.